The van der Waals surface area contributed by atoms with E-state index in [2.05, 4.69) is 32.8 Å². The maximum absolute atomic E-state index is 17.1. The van der Waals surface area contributed by atoms with Crippen molar-refractivity contribution in [2.24, 2.45) is 5.41 Å². The highest BCUT2D eigenvalue weighted by Gasteiger charge is 2.47. The molecule has 0 radical (unpaired) electrons. The van der Waals surface area contributed by atoms with Crippen molar-refractivity contribution in [3.63, 3.8) is 0 Å². The number of ether oxygens (including phenoxy) is 3. The number of hydrogen-bond donors (Lipinski definition) is 2. The average Bonchev–Trinajstić information content (AvgIpc) is 3.42. The molecule has 3 fully saturated rings. The monoisotopic (exact) mass is 695 g/mol. The van der Waals surface area contributed by atoms with E-state index in [1.165, 1.54) is 12.1 Å². The van der Waals surface area contributed by atoms with Crippen LogP contribution in [0, 0.1) is 29.4 Å². The normalized spacial score (nSPS) is 24.4. The van der Waals surface area contributed by atoms with Crippen LogP contribution in [-0.4, -0.2) is 94.8 Å². The Morgan fingerprint density at radius 1 is 1.12 bits per heavy atom. The van der Waals surface area contributed by atoms with Crippen LogP contribution in [0.1, 0.15) is 44.6 Å². The molecule has 0 bridgehead atoms. The molecule has 3 atom stereocenters. The maximum atomic E-state index is 17.1. The van der Waals surface area contributed by atoms with Crippen molar-refractivity contribution in [3.05, 3.63) is 41.5 Å². The van der Waals surface area contributed by atoms with E-state index in [0.717, 1.165) is 50.8 Å². The van der Waals surface area contributed by atoms with Gasteiger partial charge in [-0.05, 0) is 69.8 Å². The Kier molecular flexibility index (Phi) is 8.86. The van der Waals surface area contributed by atoms with E-state index in [4.69, 9.17) is 20.6 Å². The van der Waals surface area contributed by atoms with Crippen LogP contribution in [-0.2, 0) is 4.74 Å². The third kappa shape index (κ3) is 6.12. The number of halogens is 4. The molecule has 1 aliphatic carbocycles. The number of nitrogens with zero attached hydrogens (tertiary/aromatic N) is 5. The first-order chi connectivity index (χ1) is 23.9. The van der Waals surface area contributed by atoms with E-state index in [0.29, 0.717) is 0 Å². The quantitative estimate of drug-likeness (QED) is 0.186. The molecule has 50 heavy (non-hydrogen) atoms. The number of anilines is 1. The summed E-state index contributed by atoms with van der Waals surface area (Å²) in [5, 5.41) is 21.6. The number of hydrogen-bond acceptors (Lipinski definition) is 10. The van der Waals surface area contributed by atoms with Gasteiger partial charge in [0.15, 0.2) is 5.82 Å². The Morgan fingerprint density at radius 3 is 2.70 bits per heavy atom. The van der Waals surface area contributed by atoms with Gasteiger partial charge in [0, 0.05) is 29.0 Å². The van der Waals surface area contributed by atoms with Gasteiger partial charge in [-0.3, -0.25) is 0 Å². The fraction of sp³-hybridized carbons (Fsp3) is 0.472. The first-order valence-electron chi connectivity index (χ1n) is 16.6. The number of aliphatic hydroxyl groups is 1. The molecule has 14 heteroatoms. The van der Waals surface area contributed by atoms with Crippen molar-refractivity contribution in [3.8, 4) is 41.2 Å². The minimum absolute atomic E-state index is 0.0108. The van der Waals surface area contributed by atoms with Gasteiger partial charge in [0.25, 0.3) is 0 Å². The second kappa shape index (κ2) is 13.0. The van der Waals surface area contributed by atoms with E-state index >= 15 is 4.39 Å². The molecule has 3 aliphatic rings. The topological polar surface area (TPSA) is 113 Å². The molecule has 2 aromatic heterocycles. The second-order valence-electron chi connectivity index (χ2n) is 13.8. The van der Waals surface area contributed by atoms with Crippen molar-refractivity contribution < 1.29 is 42.0 Å². The van der Waals surface area contributed by atoms with E-state index in [1.807, 2.05) is 0 Å². The highest BCUT2D eigenvalue weighted by atomic mass is 19.3. The molecule has 10 nitrogen and oxygen atoms in total. The van der Waals surface area contributed by atoms with Gasteiger partial charge in [-0.1, -0.05) is 18.4 Å². The Hall–Kier alpha value is -4.45. The van der Waals surface area contributed by atoms with Gasteiger partial charge in [-0.25, -0.2) is 13.8 Å². The Morgan fingerprint density at radius 2 is 1.92 bits per heavy atom. The van der Waals surface area contributed by atoms with Crippen LogP contribution in [0.15, 0.2) is 24.3 Å². The summed E-state index contributed by atoms with van der Waals surface area (Å²) in [6.45, 7) is -0.406. The molecule has 0 unspecified atom stereocenters. The van der Waals surface area contributed by atoms with Crippen molar-refractivity contribution >= 4 is 27.5 Å². The minimum Gasteiger partial charge on any atom is -0.508 e. The lowest BCUT2D eigenvalue weighted by molar-refractivity contribution is -0.0517. The summed E-state index contributed by atoms with van der Waals surface area (Å²) in [4.78, 5) is 17.2. The fourth-order valence-electron chi connectivity index (χ4n) is 8.07. The molecule has 2 aromatic carbocycles. The average molecular weight is 696 g/mol. The largest absolute Gasteiger partial charge is 0.508 e. The predicted molar refractivity (Wildman–Crippen MR) is 178 cm³/mol. The van der Waals surface area contributed by atoms with Crippen molar-refractivity contribution in [1.29, 1.82) is 0 Å². The molecule has 0 amide bonds. The van der Waals surface area contributed by atoms with E-state index < -0.39 is 40.9 Å². The van der Waals surface area contributed by atoms with Gasteiger partial charge in [-0.2, -0.15) is 18.7 Å². The van der Waals surface area contributed by atoms with E-state index in [9.17, 15) is 23.4 Å². The number of likely N-dealkylation sites (tertiary alicyclic amines) is 1. The number of β-amino-alcohol motifs (C(OH)–C–C–N with tert-alkyl or cyclic N) is 1. The molecule has 2 N–H and O–H groups in total. The van der Waals surface area contributed by atoms with Crippen LogP contribution in [0.5, 0.6) is 17.6 Å². The number of benzene rings is 2. The molecule has 2 saturated heterocycles. The van der Waals surface area contributed by atoms with Crippen LogP contribution < -0.4 is 14.4 Å². The zero-order valence-electron chi connectivity index (χ0n) is 27.7. The first-order valence-corrected chi connectivity index (χ1v) is 16.6. The lowest BCUT2D eigenvalue weighted by Gasteiger charge is -2.44. The summed E-state index contributed by atoms with van der Waals surface area (Å²) in [6, 6.07) is 4.97. The molecule has 4 heterocycles. The molecule has 4 aromatic rings. The van der Waals surface area contributed by atoms with Gasteiger partial charge in [-0.15, -0.1) is 6.42 Å². The number of terminal acetylenes is 1. The summed E-state index contributed by atoms with van der Waals surface area (Å²) < 4.78 is 77.1. The Balaban J connectivity index is 1.47. The highest BCUT2D eigenvalue weighted by molar-refractivity contribution is 6.04. The third-order valence-corrected chi connectivity index (χ3v) is 10.2. The van der Waals surface area contributed by atoms with Crippen LogP contribution >= 0.6 is 0 Å². The number of phenols is 1. The zero-order chi connectivity index (χ0) is 35.4. The number of aromatic hydroxyl groups is 1. The zero-order valence-corrected chi connectivity index (χ0v) is 27.7. The Bertz CT molecular complexity index is 2010. The summed E-state index contributed by atoms with van der Waals surface area (Å²) in [5.41, 5.74) is -3.00. The number of aromatic nitrogens is 3. The smallest absolute Gasteiger partial charge is 0.388 e. The van der Waals surface area contributed by atoms with Gasteiger partial charge >= 0.3 is 12.6 Å². The van der Waals surface area contributed by atoms with Gasteiger partial charge in [0.05, 0.1) is 31.9 Å². The standard InChI is InChI=1S/C36H37F4N5O5/c1-4-22-24(37)9-8-20-15-21(46)16-23(26(20)22)29-28(38)30-27(32(41-29)50-33(39)40)31(45-13-14-48-18-35(2,47)17-45)43-34(42-30)49-19-36-10-5-7-25(36)44(3)12-6-11-36/h1,8-9,15-16,25,33,46-47H,5-7,10-14,17-19H2,2-3H3/t25-,35+,36-/m1/s1. The van der Waals surface area contributed by atoms with Crippen LogP contribution in [0.4, 0.5) is 23.4 Å². The summed E-state index contributed by atoms with van der Waals surface area (Å²) in [6.07, 6.45) is 10.6. The Labute approximate surface area is 286 Å². The van der Waals surface area contributed by atoms with Crippen molar-refractivity contribution in [1.82, 2.24) is 19.9 Å². The summed E-state index contributed by atoms with van der Waals surface area (Å²) in [7, 11) is 2.10. The summed E-state index contributed by atoms with van der Waals surface area (Å²) >= 11 is 0. The SMILES string of the molecule is C#Cc1c(F)ccc2cc(O)cc(-c3nc(OC(F)F)c4c(N5CCOC[C@@](C)(O)C5)nc(OC[C@]56CCC[C@H]5N(C)CCC6)nc4c3F)c12. The molecule has 0 spiro atoms. The predicted octanol–water partition coefficient (Wildman–Crippen LogP) is 5.64. The number of fused-ring (bicyclic) bond motifs is 3. The highest BCUT2D eigenvalue weighted by Crippen LogP contribution is 2.48. The van der Waals surface area contributed by atoms with E-state index in [-0.39, 0.29) is 89.2 Å². The number of piperidine rings is 1. The third-order valence-electron chi connectivity index (χ3n) is 10.2. The number of alkyl halides is 2. The molecule has 1 saturated carbocycles. The molecular weight excluding hydrogens is 658 g/mol. The minimum atomic E-state index is -3.40. The first kappa shape index (κ1) is 34.0. The molecule has 2 aliphatic heterocycles. The van der Waals surface area contributed by atoms with Crippen LogP contribution in [0.25, 0.3) is 32.9 Å². The van der Waals surface area contributed by atoms with Crippen LogP contribution in [0.2, 0.25) is 0 Å². The van der Waals surface area contributed by atoms with Crippen LogP contribution in [0.3, 0.4) is 0 Å². The number of phenolic OH excluding ortho intramolecular Hbond substituents is 1. The number of rotatable bonds is 7. The van der Waals surface area contributed by atoms with Gasteiger partial charge < -0.3 is 34.2 Å². The lowest BCUT2D eigenvalue weighted by atomic mass is 9.76. The van der Waals surface area contributed by atoms with Gasteiger partial charge in [0.2, 0.25) is 5.88 Å². The van der Waals surface area contributed by atoms with E-state index in [1.54, 1.807) is 11.8 Å². The lowest BCUT2D eigenvalue weighted by Crippen LogP contribution is -2.50. The molecule has 264 valence electrons. The maximum Gasteiger partial charge on any atom is 0.388 e. The summed E-state index contributed by atoms with van der Waals surface area (Å²) in [5.74, 6) is -0.728. The molecular formula is C36H37F4N5O5. The molecule has 7 rings (SSSR count). The second-order valence-corrected chi connectivity index (χ2v) is 13.8. The van der Waals surface area contributed by atoms with Crippen molar-refractivity contribution in [2.45, 2.75) is 57.3 Å². The fourth-order valence-corrected chi connectivity index (χ4v) is 8.07. The van der Waals surface area contributed by atoms with Crippen molar-refractivity contribution in [2.75, 3.05) is 51.4 Å². The van der Waals surface area contributed by atoms with Gasteiger partial charge in [0.1, 0.15) is 39.6 Å². The number of pyridine rings is 1.